The SMILES string of the molecule is Cc1cccc(Cn2cc(/C=C3/SC(=O)N(c4cccc(Cl)c4)C3=O)c3ccccc32)c1. The van der Waals surface area contributed by atoms with Crippen LogP contribution in [-0.2, 0) is 11.3 Å². The van der Waals surface area contributed by atoms with Gasteiger partial charge in [0.15, 0.2) is 0 Å². The van der Waals surface area contributed by atoms with Gasteiger partial charge in [0, 0.05) is 34.2 Å². The minimum Gasteiger partial charge on any atom is -0.342 e. The highest BCUT2D eigenvalue weighted by atomic mass is 35.5. The van der Waals surface area contributed by atoms with Crippen LogP contribution in [-0.4, -0.2) is 15.7 Å². The Morgan fingerprint density at radius 2 is 1.78 bits per heavy atom. The van der Waals surface area contributed by atoms with E-state index in [4.69, 9.17) is 11.6 Å². The zero-order valence-electron chi connectivity index (χ0n) is 17.3. The molecule has 4 nitrogen and oxygen atoms in total. The molecule has 1 aliphatic heterocycles. The third-order valence-corrected chi connectivity index (χ3v) is 6.51. The fourth-order valence-corrected chi connectivity index (χ4v) is 4.99. The normalized spacial score (nSPS) is 15.3. The molecule has 1 aromatic heterocycles. The first-order valence-electron chi connectivity index (χ1n) is 10.2. The summed E-state index contributed by atoms with van der Waals surface area (Å²) < 4.78 is 2.18. The van der Waals surface area contributed by atoms with Crippen molar-refractivity contribution in [3.05, 3.63) is 106 Å². The number of aromatic nitrogens is 1. The average molecular weight is 459 g/mol. The topological polar surface area (TPSA) is 42.3 Å². The number of imide groups is 1. The molecule has 4 aromatic rings. The molecule has 1 aliphatic rings. The lowest BCUT2D eigenvalue weighted by Crippen LogP contribution is -2.27. The molecular weight excluding hydrogens is 440 g/mol. The minimum absolute atomic E-state index is 0.327. The number of aryl methyl sites for hydroxylation is 1. The van der Waals surface area contributed by atoms with E-state index < -0.39 is 0 Å². The lowest BCUT2D eigenvalue weighted by atomic mass is 10.1. The van der Waals surface area contributed by atoms with E-state index in [1.54, 1.807) is 24.3 Å². The summed E-state index contributed by atoms with van der Waals surface area (Å²) in [5.41, 5.74) is 4.89. The van der Waals surface area contributed by atoms with E-state index in [9.17, 15) is 9.59 Å². The number of carbonyl (C=O) groups excluding carboxylic acids is 2. The van der Waals surface area contributed by atoms with Crippen LogP contribution in [0.1, 0.15) is 16.7 Å². The predicted octanol–water partition coefficient (Wildman–Crippen LogP) is 6.89. The van der Waals surface area contributed by atoms with Gasteiger partial charge in [-0.3, -0.25) is 9.59 Å². The molecule has 5 rings (SSSR count). The molecule has 2 amide bonds. The Kier molecular flexibility index (Phi) is 5.37. The largest absolute Gasteiger partial charge is 0.342 e. The van der Waals surface area contributed by atoms with Crippen LogP contribution in [0, 0.1) is 6.92 Å². The maximum Gasteiger partial charge on any atom is 0.298 e. The summed E-state index contributed by atoms with van der Waals surface area (Å²) in [6.07, 6.45) is 3.85. The van der Waals surface area contributed by atoms with Gasteiger partial charge < -0.3 is 4.57 Å². The van der Waals surface area contributed by atoms with Crippen molar-refractivity contribution < 1.29 is 9.59 Å². The van der Waals surface area contributed by atoms with Crippen molar-refractivity contribution in [3.63, 3.8) is 0 Å². The molecular formula is C26H19ClN2O2S. The number of hydrogen-bond acceptors (Lipinski definition) is 3. The number of carbonyl (C=O) groups is 2. The summed E-state index contributed by atoms with van der Waals surface area (Å²) in [6.45, 7) is 2.80. The van der Waals surface area contributed by atoms with Gasteiger partial charge in [0.05, 0.1) is 10.6 Å². The molecule has 3 aromatic carbocycles. The van der Waals surface area contributed by atoms with Gasteiger partial charge in [0.2, 0.25) is 0 Å². The second-order valence-corrected chi connectivity index (χ2v) is 9.15. The van der Waals surface area contributed by atoms with Crippen LogP contribution in [0.25, 0.3) is 17.0 Å². The van der Waals surface area contributed by atoms with Crippen molar-refractivity contribution >= 4 is 57.2 Å². The predicted molar refractivity (Wildman–Crippen MR) is 132 cm³/mol. The Morgan fingerprint density at radius 3 is 2.59 bits per heavy atom. The summed E-state index contributed by atoms with van der Waals surface area (Å²) in [7, 11) is 0. The quantitative estimate of drug-likeness (QED) is 0.312. The highest BCUT2D eigenvalue weighted by molar-refractivity contribution is 8.19. The zero-order valence-corrected chi connectivity index (χ0v) is 18.9. The number of benzene rings is 3. The van der Waals surface area contributed by atoms with Crippen LogP contribution in [0.2, 0.25) is 5.02 Å². The third-order valence-electron chi connectivity index (χ3n) is 5.40. The Hall–Kier alpha value is -3.28. The molecule has 1 fully saturated rings. The van der Waals surface area contributed by atoms with E-state index in [1.807, 2.05) is 30.5 Å². The van der Waals surface area contributed by atoms with Crippen LogP contribution >= 0.6 is 23.4 Å². The van der Waals surface area contributed by atoms with Crippen LogP contribution in [0.4, 0.5) is 10.5 Å². The van der Waals surface area contributed by atoms with Gasteiger partial charge in [-0.15, -0.1) is 0 Å². The molecule has 1 saturated heterocycles. The Labute approximate surface area is 195 Å². The number of para-hydroxylation sites is 1. The summed E-state index contributed by atoms with van der Waals surface area (Å²) in [6, 6.07) is 23.3. The summed E-state index contributed by atoms with van der Waals surface area (Å²) >= 11 is 7.00. The number of nitrogens with zero attached hydrogens (tertiary/aromatic N) is 2. The first-order chi connectivity index (χ1) is 15.5. The van der Waals surface area contributed by atoms with Gasteiger partial charge in [-0.25, -0.2) is 4.90 Å². The van der Waals surface area contributed by atoms with E-state index in [1.165, 1.54) is 16.0 Å². The lowest BCUT2D eigenvalue weighted by Gasteiger charge is -2.12. The Balaban J connectivity index is 1.53. The molecule has 0 unspecified atom stereocenters. The van der Waals surface area contributed by atoms with Crippen LogP contribution in [0.5, 0.6) is 0 Å². The highest BCUT2D eigenvalue weighted by Crippen LogP contribution is 2.37. The summed E-state index contributed by atoms with van der Waals surface area (Å²) in [4.78, 5) is 27.3. The second-order valence-electron chi connectivity index (χ2n) is 7.72. The molecule has 0 spiro atoms. The second kappa shape index (κ2) is 8.34. The van der Waals surface area contributed by atoms with E-state index in [0.29, 0.717) is 15.6 Å². The smallest absolute Gasteiger partial charge is 0.298 e. The molecule has 0 atom stereocenters. The fraction of sp³-hybridized carbons (Fsp3) is 0.0769. The summed E-state index contributed by atoms with van der Waals surface area (Å²) in [5, 5.41) is 1.19. The van der Waals surface area contributed by atoms with Crippen molar-refractivity contribution in [2.24, 2.45) is 0 Å². The molecule has 0 bridgehead atoms. The molecule has 0 saturated carbocycles. The van der Waals surface area contributed by atoms with Gasteiger partial charge in [0.1, 0.15) is 0 Å². The monoisotopic (exact) mass is 458 g/mol. The number of thioether (sulfide) groups is 1. The van der Waals surface area contributed by atoms with Gasteiger partial charge in [-0.2, -0.15) is 0 Å². The number of anilines is 1. The van der Waals surface area contributed by atoms with E-state index >= 15 is 0 Å². The first-order valence-corrected chi connectivity index (χ1v) is 11.4. The van der Waals surface area contributed by atoms with Gasteiger partial charge in [-0.05, 0) is 54.6 Å². The molecule has 0 radical (unpaired) electrons. The van der Waals surface area contributed by atoms with Crippen molar-refractivity contribution in [1.29, 1.82) is 0 Å². The van der Waals surface area contributed by atoms with Gasteiger partial charge in [0.25, 0.3) is 11.1 Å². The fourth-order valence-electron chi connectivity index (χ4n) is 3.97. The third kappa shape index (κ3) is 3.85. The minimum atomic E-state index is -0.335. The highest BCUT2D eigenvalue weighted by Gasteiger charge is 2.36. The lowest BCUT2D eigenvalue weighted by molar-refractivity contribution is -0.113. The Morgan fingerprint density at radius 1 is 0.969 bits per heavy atom. The van der Waals surface area contributed by atoms with Crippen molar-refractivity contribution in [2.75, 3.05) is 4.90 Å². The number of hydrogen-bond donors (Lipinski definition) is 0. The van der Waals surface area contributed by atoms with Gasteiger partial charge in [-0.1, -0.05) is 65.7 Å². The average Bonchev–Trinajstić information content (AvgIpc) is 3.25. The van der Waals surface area contributed by atoms with Gasteiger partial charge >= 0.3 is 0 Å². The van der Waals surface area contributed by atoms with Crippen LogP contribution in [0.3, 0.4) is 0 Å². The first kappa shape index (κ1) is 20.6. The standard InChI is InChI=1S/C26H19ClN2O2S/c1-17-6-4-7-18(12-17)15-28-16-19(22-10-2-3-11-23(22)28)13-24-25(30)29(26(31)32-24)21-9-5-8-20(27)14-21/h2-14,16H,15H2,1H3/b24-13+. The van der Waals surface area contributed by atoms with Crippen LogP contribution < -0.4 is 4.90 Å². The molecule has 32 heavy (non-hydrogen) atoms. The maximum atomic E-state index is 13.1. The molecule has 2 heterocycles. The van der Waals surface area contributed by atoms with E-state index in [-0.39, 0.29) is 11.1 Å². The molecule has 0 aliphatic carbocycles. The van der Waals surface area contributed by atoms with Crippen molar-refractivity contribution in [3.8, 4) is 0 Å². The molecule has 0 N–H and O–H groups in total. The van der Waals surface area contributed by atoms with E-state index in [2.05, 4.69) is 41.8 Å². The zero-order chi connectivity index (χ0) is 22.2. The Bertz CT molecular complexity index is 1410. The van der Waals surface area contributed by atoms with Crippen LogP contribution in [0.15, 0.2) is 83.9 Å². The number of fused-ring (bicyclic) bond motifs is 1. The maximum absolute atomic E-state index is 13.1. The summed E-state index contributed by atoms with van der Waals surface area (Å²) in [5.74, 6) is -0.335. The molecule has 6 heteroatoms. The number of amides is 2. The van der Waals surface area contributed by atoms with Crippen molar-refractivity contribution in [1.82, 2.24) is 4.57 Å². The van der Waals surface area contributed by atoms with Crippen molar-refractivity contribution in [2.45, 2.75) is 13.5 Å². The van der Waals surface area contributed by atoms with E-state index in [0.717, 1.165) is 34.8 Å². The number of halogens is 1. The molecule has 158 valence electrons. The number of rotatable bonds is 4.